The summed E-state index contributed by atoms with van der Waals surface area (Å²) in [6.45, 7) is 1.87. The van der Waals surface area contributed by atoms with E-state index >= 15 is 0 Å². The standard InChI is InChI=1S/C25H21BrClN3O4S/c1-13-10-16(29(31)32)11-17-22-18(25(28-24(13)17)14-6-8-15(26)9-7-14)12-21(23(22)27)35-20-5-3-2-4-19(20)30(33)34/h2-11,18,21-23,25,28H,12H2,1H3/t18-,21-,22-,23-,25-/m1/s1. The van der Waals surface area contributed by atoms with E-state index in [0.29, 0.717) is 11.3 Å². The number of hydrogen-bond donors (Lipinski definition) is 1. The number of nitro benzene ring substituents is 2. The molecule has 5 rings (SSSR count). The number of halogens is 2. The average Bonchev–Trinajstić information content (AvgIpc) is 3.15. The van der Waals surface area contributed by atoms with E-state index in [9.17, 15) is 20.2 Å². The number of nitrogens with one attached hydrogen (secondary N) is 1. The summed E-state index contributed by atoms with van der Waals surface area (Å²) in [5.41, 5.74) is 3.74. The van der Waals surface area contributed by atoms with Crippen molar-refractivity contribution in [2.24, 2.45) is 5.92 Å². The summed E-state index contributed by atoms with van der Waals surface area (Å²) in [6.07, 6.45) is 0.713. The zero-order valence-corrected chi connectivity index (χ0v) is 21.7. The maximum absolute atomic E-state index is 11.6. The zero-order chi connectivity index (χ0) is 24.9. The summed E-state index contributed by atoms with van der Waals surface area (Å²) >= 11 is 12.0. The highest BCUT2D eigenvalue weighted by atomic mass is 79.9. The van der Waals surface area contributed by atoms with Gasteiger partial charge in [-0.15, -0.1) is 23.4 Å². The second-order valence-corrected chi connectivity index (χ2v) is 11.6. The van der Waals surface area contributed by atoms with Gasteiger partial charge in [0.25, 0.3) is 11.4 Å². The van der Waals surface area contributed by atoms with E-state index in [0.717, 1.165) is 26.9 Å². The lowest BCUT2D eigenvalue weighted by Gasteiger charge is -2.39. The predicted molar refractivity (Wildman–Crippen MR) is 142 cm³/mol. The van der Waals surface area contributed by atoms with Crippen molar-refractivity contribution in [3.05, 3.63) is 102 Å². The lowest BCUT2D eigenvalue weighted by atomic mass is 9.76. The molecule has 1 saturated carbocycles. The third-order valence-electron chi connectivity index (χ3n) is 6.88. The van der Waals surface area contributed by atoms with E-state index in [4.69, 9.17) is 11.6 Å². The average molecular weight is 575 g/mol. The van der Waals surface area contributed by atoms with Gasteiger partial charge in [-0.3, -0.25) is 20.2 Å². The number of hydrogen-bond acceptors (Lipinski definition) is 6. The van der Waals surface area contributed by atoms with Crippen LogP contribution in [0.2, 0.25) is 0 Å². The Kier molecular flexibility index (Phi) is 6.50. The molecule has 1 fully saturated rings. The van der Waals surface area contributed by atoms with Gasteiger partial charge in [0.1, 0.15) is 0 Å². The minimum absolute atomic E-state index is 0.0432. The van der Waals surface area contributed by atoms with E-state index in [-0.39, 0.29) is 49.7 Å². The summed E-state index contributed by atoms with van der Waals surface area (Å²) < 4.78 is 0.979. The van der Waals surface area contributed by atoms with Crippen LogP contribution in [-0.4, -0.2) is 20.5 Å². The van der Waals surface area contributed by atoms with Crippen LogP contribution in [0.5, 0.6) is 0 Å². The number of non-ortho nitro benzene ring substituents is 1. The quantitative estimate of drug-likeness (QED) is 0.191. The number of nitrogens with zero attached hydrogens (tertiary/aromatic N) is 2. The molecule has 3 aromatic rings. The van der Waals surface area contributed by atoms with E-state index in [1.54, 1.807) is 30.3 Å². The number of fused-ring (bicyclic) bond motifs is 3. The molecule has 180 valence electrons. The van der Waals surface area contributed by atoms with Crippen molar-refractivity contribution in [2.45, 2.75) is 40.8 Å². The molecule has 0 saturated heterocycles. The van der Waals surface area contributed by atoms with Gasteiger partial charge in [0.15, 0.2) is 0 Å². The lowest BCUT2D eigenvalue weighted by molar-refractivity contribution is -0.387. The molecule has 1 heterocycles. The van der Waals surface area contributed by atoms with Crippen LogP contribution < -0.4 is 5.32 Å². The highest BCUT2D eigenvalue weighted by molar-refractivity contribution is 9.10. The van der Waals surface area contributed by atoms with Crippen molar-refractivity contribution < 1.29 is 9.85 Å². The second-order valence-electron chi connectivity index (χ2n) is 8.91. The number of aryl methyl sites for hydroxylation is 1. The first-order chi connectivity index (χ1) is 16.7. The van der Waals surface area contributed by atoms with Gasteiger partial charge in [0.2, 0.25) is 0 Å². The zero-order valence-electron chi connectivity index (χ0n) is 18.6. The van der Waals surface area contributed by atoms with Gasteiger partial charge < -0.3 is 5.32 Å². The Balaban J connectivity index is 1.59. The maximum atomic E-state index is 11.6. The molecule has 1 aliphatic heterocycles. The van der Waals surface area contributed by atoms with E-state index in [1.807, 2.05) is 19.1 Å². The van der Waals surface area contributed by atoms with Crippen molar-refractivity contribution in [1.82, 2.24) is 0 Å². The molecule has 3 aromatic carbocycles. The van der Waals surface area contributed by atoms with Crippen LogP contribution in [-0.2, 0) is 0 Å². The minimum atomic E-state index is -0.374. The Labute approximate surface area is 219 Å². The largest absolute Gasteiger partial charge is 0.377 e. The monoisotopic (exact) mass is 573 g/mol. The molecule has 0 spiro atoms. The van der Waals surface area contributed by atoms with Gasteiger partial charge in [-0.1, -0.05) is 40.2 Å². The van der Waals surface area contributed by atoms with Crippen molar-refractivity contribution >= 4 is 56.4 Å². The number of alkyl halides is 1. The molecule has 2 aliphatic rings. The highest BCUT2D eigenvalue weighted by Crippen LogP contribution is 2.59. The maximum Gasteiger partial charge on any atom is 0.282 e. The van der Waals surface area contributed by atoms with Gasteiger partial charge in [-0.05, 0) is 54.2 Å². The lowest BCUT2D eigenvalue weighted by Crippen LogP contribution is -2.31. The third-order valence-corrected chi connectivity index (χ3v) is 9.52. The molecule has 0 amide bonds. The number of thioether (sulfide) groups is 1. The van der Waals surface area contributed by atoms with Crippen molar-refractivity contribution in [1.29, 1.82) is 0 Å². The van der Waals surface area contributed by atoms with Crippen LogP contribution in [0.1, 0.15) is 35.1 Å². The van der Waals surface area contributed by atoms with Crippen LogP contribution in [0.4, 0.5) is 17.1 Å². The molecule has 1 aliphatic carbocycles. The fourth-order valence-electron chi connectivity index (χ4n) is 5.37. The Bertz CT molecular complexity index is 1320. The minimum Gasteiger partial charge on any atom is -0.377 e. The first-order valence-corrected chi connectivity index (χ1v) is 13.2. The van der Waals surface area contributed by atoms with Gasteiger partial charge in [0, 0.05) is 39.5 Å². The summed E-state index contributed by atoms with van der Waals surface area (Å²) in [7, 11) is 0. The number of rotatable bonds is 5. The smallest absolute Gasteiger partial charge is 0.282 e. The number of anilines is 1. The number of nitro groups is 2. The molecule has 35 heavy (non-hydrogen) atoms. The molecule has 0 aromatic heterocycles. The van der Waals surface area contributed by atoms with Gasteiger partial charge >= 0.3 is 0 Å². The topological polar surface area (TPSA) is 98.3 Å². The summed E-state index contributed by atoms with van der Waals surface area (Å²) in [5, 5.41) is 26.4. The summed E-state index contributed by atoms with van der Waals surface area (Å²) in [6, 6.07) is 18.0. The molecule has 5 atom stereocenters. The van der Waals surface area contributed by atoms with Crippen LogP contribution in [0.25, 0.3) is 0 Å². The Morgan fingerprint density at radius 2 is 1.77 bits per heavy atom. The van der Waals surface area contributed by atoms with Crippen LogP contribution in [0, 0.1) is 33.1 Å². The molecular formula is C25H21BrClN3O4S. The van der Waals surface area contributed by atoms with Crippen molar-refractivity contribution in [3.8, 4) is 0 Å². The predicted octanol–water partition coefficient (Wildman–Crippen LogP) is 7.61. The molecular weight excluding hydrogens is 554 g/mol. The molecule has 0 unspecified atom stereocenters. The number of benzene rings is 3. The Morgan fingerprint density at radius 1 is 1.06 bits per heavy atom. The first kappa shape index (κ1) is 24.1. The van der Waals surface area contributed by atoms with E-state index in [2.05, 4.69) is 33.4 Å². The van der Waals surface area contributed by atoms with Crippen molar-refractivity contribution in [3.63, 3.8) is 0 Å². The Hall–Kier alpha value is -2.62. The second kappa shape index (κ2) is 9.44. The van der Waals surface area contributed by atoms with Crippen LogP contribution >= 0.6 is 39.3 Å². The fraction of sp³-hybridized carbons (Fsp3) is 0.280. The SMILES string of the molecule is Cc1cc([N+](=O)[O-])cc2c1N[C@H](c1ccc(Br)cc1)[C@@H]1C[C@@H](Sc3ccccc3[N+](=O)[O-])[C@@H](Cl)[C@H]21. The third kappa shape index (κ3) is 4.41. The first-order valence-electron chi connectivity index (χ1n) is 11.1. The molecule has 7 nitrogen and oxygen atoms in total. The highest BCUT2D eigenvalue weighted by Gasteiger charge is 2.51. The molecule has 10 heteroatoms. The summed E-state index contributed by atoms with van der Waals surface area (Å²) in [5.74, 6) is -0.0757. The van der Waals surface area contributed by atoms with Gasteiger partial charge in [0.05, 0.1) is 26.2 Å². The molecule has 0 bridgehead atoms. The molecule has 1 N–H and O–H groups in total. The van der Waals surface area contributed by atoms with Crippen molar-refractivity contribution in [2.75, 3.05) is 5.32 Å². The number of para-hydroxylation sites is 1. The summed E-state index contributed by atoms with van der Waals surface area (Å²) in [4.78, 5) is 23.0. The van der Waals surface area contributed by atoms with Gasteiger partial charge in [-0.2, -0.15) is 0 Å². The van der Waals surface area contributed by atoms with E-state index in [1.165, 1.54) is 17.8 Å². The van der Waals surface area contributed by atoms with Crippen LogP contribution in [0.15, 0.2) is 70.0 Å². The fourth-order valence-corrected chi connectivity index (χ4v) is 7.57. The van der Waals surface area contributed by atoms with Gasteiger partial charge in [-0.25, -0.2) is 0 Å². The normalized spacial score (nSPS) is 24.8. The molecule has 0 radical (unpaired) electrons. The Morgan fingerprint density at radius 3 is 2.46 bits per heavy atom. The van der Waals surface area contributed by atoms with E-state index < -0.39 is 0 Å². The van der Waals surface area contributed by atoms with Crippen LogP contribution in [0.3, 0.4) is 0 Å².